The van der Waals surface area contributed by atoms with Crippen LogP contribution in [0.2, 0.25) is 0 Å². The van der Waals surface area contributed by atoms with Gasteiger partial charge in [0.15, 0.2) is 11.2 Å². The van der Waals surface area contributed by atoms with E-state index in [-0.39, 0.29) is 0 Å². The lowest BCUT2D eigenvalue weighted by Crippen LogP contribution is -2.10. The monoisotopic (exact) mass is 558 g/mol. The van der Waals surface area contributed by atoms with E-state index in [0.717, 1.165) is 55.7 Å². The number of fused-ring (bicyclic) bond motifs is 8. The fourth-order valence-electron chi connectivity index (χ4n) is 6.06. The Hall–Kier alpha value is -5.39. The van der Waals surface area contributed by atoms with E-state index >= 15 is 0 Å². The van der Waals surface area contributed by atoms with Crippen LogP contribution in [0.4, 0.5) is 17.1 Å². The number of nitrogens with zero attached hydrogens (tertiary/aromatic N) is 2. The summed E-state index contributed by atoms with van der Waals surface area (Å²) in [4.78, 5) is 7.13. The predicted molar refractivity (Wildman–Crippen MR) is 174 cm³/mol. The standard InChI is InChI=1S/C37H22N2O2S/c1-3-11-23(12-4-1)37-38-27-21-22-30-34(36(27)41-37)26-16-9-18-29(35(26)40-30)39(24-13-5-2-6-14-24)28-17-10-20-32-33(28)25-15-7-8-19-31(25)42-32/h1-22H. The van der Waals surface area contributed by atoms with Crippen LogP contribution in [0.15, 0.2) is 142 Å². The van der Waals surface area contributed by atoms with Gasteiger partial charge < -0.3 is 13.7 Å². The summed E-state index contributed by atoms with van der Waals surface area (Å²) in [5.41, 5.74) is 7.20. The van der Waals surface area contributed by atoms with Crippen LogP contribution in [0, 0.1) is 0 Å². The SMILES string of the molecule is c1ccc(-c2nc3ccc4oc5c(N(c6ccccc6)c6cccc7sc8ccccc8c67)cccc5c4c3o2)cc1. The molecule has 0 unspecified atom stereocenters. The molecule has 0 aliphatic heterocycles. The number of benzene rings is 6. The first-order chi connectivity index (χ1) is 20.8. The highest BCUT2D eigenvalue weighted by Gasteiger charge is 2.24. The summed E-state index contributed by atoms with van der Waals surface area (Å²) in [5.74, 6) is 0.602. The molecule has 42 heavy (non-hydrogen) atoms. The largest absolute Gasteiger partial charge is 0.454 e. The van der Waals surface area contributed by atoms with Crippen LogP contribution in [0.3, 0.4) is 0 Å². The van der Waals surface area contributed by atoms with Gasteiger partial charge in [0.25, 0.3) is 0 Å². The topological polar surface area (TPSA) is 42.4 Å². The van der Waals surface area contributed by atoms with Gasteiger partial charge in [0, 0.05) is 36.8 Å². The van der Waals surface area contributed by atoms with Crippen molar-refractivity contribution in [1.29, 1.82) is 0 Å². The summed E-state index contributed by atoms with van der Waals surface area (Å²) in [6, 6.07) is 46.0. The smallest absolute Gasteiger partial charge is 0.227 e. The van der Waals surface area contributed by atoms with Crippen molar-refractivity contribution in [1.82, 2.24) is 4.98 Å². The van der Waals surface area contributed by atoms with Crippen molar-refractivity contribution in [2.75, 3.05) is 4.90 Å². The number of rotatable bonds is 4. The summed E-state index contributed by atoms with van der Waals surface area (Å²) < 4.78 is 15.6. The molecule has 5 heteroatoms. The predicted octanol–water partition coefficient (Wildman–Crippen LogP) is 11.2. The van der Waals surface area contributed by atoms with Crippen LogP contribution in [-0.2, 0) is 0 Å². The average molecular weight is 559 g/mol. The second-order valence-corrected chi connectivity index (χ2v) is 11.4. The molecule has 0 fully saturated rings. The maximum Gasteiger partial charge on any atom is 0.227 e. The zero-order valence-corrected chi connectivity index (χ0v) is 23.1. The fraction of sp³-hybridized carbons (Fsp3) is 0. The Morgan fingerprint density at radius 3 is 2.12 bits per heavy atom. The molecular weight excluding hydrogens is 536 g/mol. The van der Waals surface area contributed by atoms with Crippen LogP contribution < -0.4 is 4.90 Å². The van der Waals surface area contributed by atoms with Crippen LogP contribution in [-0.4, -0.2) is 4.98 Å². The molecule has 0 aliphatic carbocycles. The molecule has 0 saturated carbocycles. The lowest BCUT2D eigenvalue weighted by molar-refractivity contribution is 0.622. The first-order valence-electron chi connectivity index (χ1n) is 13.9. The zero-order chi connectivity index (χ0) is 27.6. The number of para-hydroxylation sites is 2. The van der Waals surface area contributed by atoms with E-state index in [0.29, 0.717) is 5.89 Å². The minimum absolute atomic E-state index is 0.602. The van der Waals surface area contributed by atoms with E-state index in [1.54, 1.807) is 0 Å². The van der Waals surface area contributed by atoms with E-state index in [1.807, 2.05) is 53.8 Å². The Labute approximate surface area is 244 Å². The van der Waals surface area contributed by atoms with E-state index in [9.17, 15) is 0 Å². The van der Waals surface area contributed by atoms with Crippen LogP contribution in [0.5, 0.6) is 0 Å². The van der Waals surface area contributed by atoms with Gasteiger partial charge in [-0.2, -0.15) is 0 Å². The van der Waals surface area contributed by atoms with E-state index in [1.165, 1.54) is 20.2 Å². The molecule has 0 bridgehead atoms. The van der Waals surface area contributed by atoms with E-state index < -0.39 is 0 Å². The third kappa shape index (κ3) is 3.44. The highest BCUT2D eigenvalue weighted by molar-refractivity contribution is 7.26. The molecule has 0 atom stereocenters. The maximum absolute atomic E-state index is 6.68. The summed E-state index contributed by atoms with van der Waals surface area (Å²) in [6.45, 7) is 0. The first-order valence-corrected chi connectivity index (χ1v) is 14.7. The highest BCUT2D eigenvalue weighted by Crippen LogP contribution is 2.48. The van der Waals surface area contributed by atoms with Crippen LogP contribution >= 0.6 is 11.3 Å². The number of anilines is 3. The normalized spacial score (nSPS) is 11.8. The van der Waals surface area contributed by atoms with Crippen LogP contribution in [0.25, 0.3) is 64.7 Å². The lowest BCUT2D eigenvalue weighted by atomic mass is 10.1. The van der Waals surface area contributed by atoms with Gasteiger partial charge in [-0.25, -0.2) is 4.98 Å². The third-order valence-electron chi connectivity index (χ3n) is 7.89. The molecule has 9 rings (SSSR count). The van der Waals surface area contributed by atoms with Crippen molar-refractivity contribution >= 4 is 81.6 Å². The van der Waals surface area contributed by atoms with Crippen molar-refractivity contribution in [3.8, 4) is 11.5 Å². The number of aromatic nitrogens is 1. The minimum Gasteiger partial charge on any atom is -0.454 e. The second-order valence-electron chi connectivity index (χ2n) is 10.3. The van der Waals surface area contributed by atoms with E-state index in [2.05, 4.69) is 95.9 Å². The van der Waals surface area contributed by atoms with Gasteiger partial charge in [-0.05, 0) is 60.7 Å². The van der Waals surface area contributed by atoms with Crippen LogP contribution in [0.1, 0.15) is 0 Å². The van der Waals surface area contributed by atoms with E-state index in [4.69, 9.17) is 13.8 Å². The minimum atomic E-state index is 0.602. The number of hydrogen-bond donors (Lipinski definition) is 0. The summed E-state index contributed by atoms with van der Waals surface area (Å²) in [7, 11) is 0. The molecule has 0 radical (unpaired) electrons. The molecule has 0 amide bonds. The molecule has 0 N–H and O–H groups in total. The maximum atomic E-state index is 6.68. The van der Waals surface area contributed by atoms with Crippen molar-refractivity contribution in [3.05, 3.63) is 133 Å². The van der Waals surface area contributed by atoms with Crippen molar-refractivity contribution in [2.45, 2.75) is 0 Å². The highest BCUT2D eigenvalue weighted by atomic mass is 32.1. The van der Waals surface area contributed by atoms with Gasteiger partial charge in [0.05, 0.1) is 16.8 Å². The number of thiophene rings is 1. The van der Waals surface area contributed by atoms with Gasteiger partial charge in [-0.1, -0.05) is 72.8 Å². The van der Waals surface area contributed by atoms with Gasteiger partial charge in [0.2, 0.25) is 5.89 Å². The lowest BCUT2D eigenvalue weighted by Gasteiger charge is -2.26. The zero-order valence-electron chi connectivity index (χ0n) is 22.3. The summed E-state index contributed by atoms with van der Waals surface area (Å²) >= 11 is 1.82. The molecule has 0 aliphatic rings. The molecule has 6 aromatic carbocycles. The molecule has 3 heterocycles. The Morgan fingerprint density at radius 1 is 0.524 bits per heavy atom. The molecule has 0 saturated heterocycles. The number of oxazole rings is 1. The first kappa shape index (κ1) is 23.3. The Kier molecular flexibility index (Phi) is 5.03. The van der Waals surface area contributed by atoms with Crippen molar-refractivity contribution in [2.24, 2.45) is 0 Å². The third-order valence-corrected chi connectivity index (χ3v) is 9.03. The molecule has 4 nitrogen and oxygen atoms in total. The molecule has 9 aromatic rings. The molecular formula is C37H22N2O2S. The van der Waals surface area contributed by atoms with Gasteiger partial charge in [-0.3, -0.25) is 0 Å². The molecule has 3 aromatic heterocycles. The molecule has 198 valence electrons. The Bertz CT molecular complexity index is 2420. The fourth-order valence-corrected chi connectivity index (χ4v) is 7.19. The Morgan fingerprint density at radius 2 is 1.24 bits per heavy atom. The Balaban J connectivity index is 1.34. The number of hydrogen-bond acceptors (Lipinski definition) is 5. The van der Waals surface area contributed by atoms with Crippen molar-refractivity contribution < 1.29 is 8.83 Å². The van der Waals surface area contributed by atoms with Gasteiger partial charge >= 0.3 is 0 Å². The number of furan rings is 1. The average Bonchev–Trinajstić information content (AvgIpc) is 3.76. The van der Waals surface area contributed by atoms with Gasteiger partial charge in [0.1, 0.15) is 11.1 Å². The summed E-state index contributed by atoms with van der Waals surface area (Å²) in [6.07, 6.45) is 0. The second kappa shape index (κ2) is 9.06. The van der Waals surface area contributed by atoms with Crippen molar-refractivity contribution in [3.63, 3.8) is 0 Å². The summed E-state index contributed by atoms with van der Waals surface area (Å²) in [5, 5.41) is 4.42. The van der Waals surface area contributed by atoms with Gasteiger partial charge in [-0.15, -0.1) is 11.3 Å². The quantitative estimate of drug-likeness (QED) is 0.215. The molecule has 0 spiro atoms.